The molecule has 0 radical (unpaired) electrons. The number of nitrogens with two attached hydrogens (primary N) is 2. The molecular formula is C42H64N10O14. The smallest absolute Gasteiger partial charge is 0.342 e. The number of nitrogens with one attached hydrogen (secondary N) is 5. The van der Waals surface area contributed by atoms with Crippen molar-refractivity contribution in [1.29, 1.82) is 0 Å². The maximum Gasteiger partial charge on any atom is 0.342 e. The van der Waals surface area contributed by atoms with E-state index in [1.165, 1.54) is 25.9 Å². The van der Waals surface area contributed by atoms with Crippen molar-refractivity contribution < 1.29 is 63.0 Å². The molecule has 6 atom stereocenters. The Balaban J connectivity index is 1.72. The molecule has 0 bridgehead atoms. The summed E-state index contributed by atoms with van der Waals surface area (Å²) in [6.07, 6.45) is 2.18. The lowest BCUT2D eigenvalue weighted by atomic mass is 9.94. The quantitative estimate of drug-likeness (QED) is 0.0110. The van der Waals surface area contributed by atoms with Crippen LogP contribution in [0.4, 0.5) is 0 Å². The molecule has 1 aromatic rings. The Labute approximate surface area is 382 Å². The van der Waals surface area contributed by atoms with E-state index >= 15 is 0 Å². The second kappa shape index (κ2) is 25.8. The zero-order valence-corrected chi connectivity index (χ0v) is 38.2. The van der Waals surface area contributed by atoms with E-state index < -0.39 is 82.9 Å². The summed E-state index contributed by atoms with van der Waals surface area (Å²) in [6.45, 7) is 6.70. The van der Waals surface area contributed by atoms with Crippen LogP contribution in [0.15, 0.2) is 16.6 Å². The summed E-state index contributed by atoms with van der Waals surface area (Å²) in [4.78, 5) is 108. The molecule has 0 spiro atoms. The number of amides is 5. The number of nitro groups is 1. The lowest BCUT2D eigenvalue weighted by molar-refractivity contribution is -0.525. The average molecular weight is 933 g/mol. The molecule has 1 aromatic carbocycles. The van der Waals surface area contributed by atoms with Crippen LogP contribution < -0.4 is 42.9 Å². The normalized spacial score (nSPS) is 17.0. The summed E-state index contributed by atoms with van der Waals surface area (Å²) in [5.41, 5.74) is 15.2. The minimum absolute atomic E-state index is 0.0167. The standard InChI is InChI=1S/C42H64N10O14/c1-22(14-16-26-34(55)32-27(21-66-41(32)61)23(2)35(26)64-5)15-17-31(54)49-33(25(4)53)38(58)47-28(11-7-8-18-45-36(56)24(3)43)39(59)51-20-10-13-30(51)37(57)48-29(40(60)65-6)12-9-19-46-42(44)50-52(62)63/h14,24-25,28-30,33,53,55H,7-13,15-21,43H2,1-6H3,(H,45,56)(H,47,58)(H,48,57)(H,49,54)(H3,44,46,50)/b22-14+/t24-,25+,28-,29-,30-,33-/m0/s1. The second-order valence-corrected chi connectivity index (χ2v) is 16.1. The molecule has 66 heavy (non-hydrogen) atoms. The van der Waals surface area contributed by atoms with E-state index in [9.17, 15) is 53.9 Å². The Morgan fingerprint density at radius 2 is 1.74 bits per heavy atom. The zero-order chi connectivity index (χ0) is 49.2. The molecule has 0 unspecified atom stereocenters. The number of cyclic esters (lactones) is 1. The fourth-order valence-electron chi connectivity index (χ4n) is 7.52. The first-order valence-electron chi connectivity index (χ1n) is 21.7. The number of hydrogen-bond donors (Lipinski definition) is 9. The van der Waals surface area contributed by atoms with Gasteiger partial charge in [0.05, 0.1) is 26.4 Å². The topological polar surface area (TPSA) is 359 Å². The van der Waals surface area contributed by atoms with E-state index in [1.54, 1.807) is 25.3 Å². The number of carbonyl (C=O) groups excluding carboxylic acids is 7. The monoisotopic (exact) mass is 932 g/mol. The summed E-state index contributed by atoms with van der Waals surface area (Å²) < 4.78 is 15.5. The number of aromatic hydroxyl groups is 1. The van der Waals surface area contributed by atoms with Gasteiger partial charge in [0.1, 0.15) is 47.8 Å². The van der Waals surface area contributed by atoms with Crippen LogP contribution in [0.1, 0.15) is 106 Å². The molecule has 1 saturated heterocycles. The van der Waals surface area contributed by atoms with E-state index in [4.69, 9.17) is 25.7 Å². The third-order valence-electron chi connectivity index (χ3n) is 11.2. The Kier molecular flexibility index (Phi) is 21.0. The Morgan fingerprint density at radius 1 is 1.05 bits per heavy atom. The largest absolute Gasteiger partial charge is 0.507 e. The van der Waals surface area contributed by atoms with E-state index in [1.807, 2.05) is 0 Å². The first kappa shape index (κ1) is 53.8. The number of carbonyl (C=O) groups is 7. The number of guanidine groups is 1. The number of benzene rings is 1. The van der Waals surface area contributed by atoms with Gasteiger partial charge in [-0.25, -0.2) is 24.7 Å². The number of nitrogens with zero attached hydrogens (tertiary/aromatic N) is 3. The van der Waals surface area contributed by atoms with Crippen molar-refractivity contribution in [3.05, 3.63) is 44.0 Å². The lowest BCUT2D eigenvalue weighted by Gasteiger charge is -2.31. The maximum atomic E-state index is 14.3. The van der Waals surface area contributed by atoms with E-state index in [0.717, 1.165) is 12.7 Å². The molecular weight excluding hydrogens is 869 g/mol. The predicted octanol–water partition coefficient (Wildman–Crippen LogP) is -0.842. The van der Waals surface area contributed by atoms with Crippen molar-refractivity contribution in [2.24, 2.45) is 16.5 Å². The van der Waals surface area contributed by atoms with Gasteiger partial charge < -0.3 is 62.1 Å². The third kappa shape index (κ3) is 15.3. The van der Waals surface area contributed by atoms with Crippen LogP contribution in [0.5, 0.6) is 11.5 Å². The number of rotatable bonds is 25. The molecule has 3 rings (SSSR count). The summed E-state index contributed by atoms with van der Waals surface area (Å²) in [7, 11) is 2.58. The molecule has 366 valence electrons. The van der Waals surface area contributed by atoms with Gasteiger partial charge in [0.2, 0.25) is 29.5 Å². The van der Waals surface area contributed by atoms with Gasteiger partial charge >= 0.3 is 11.9 Å². The van der Waals surface area contributed by atoms with Crippen LogP contribution in [0.3, 0.4) is 0 Å². The van der Waals surface area contributed by atoms with E-state index in [-0.39, 0.29) is 88.4 Å². The zero-order valence-electron chi connectivity index (χ0n) is 38.2. The second-order valence-electron chi connectivity index (χ2n) is 16.1. The summed E-state index contributed by atoms with van der Waals surface area (Å²) in [5.74, 6) is -4.82. The van der Waals surface area contributed by atoms with Crippen molar-refractivity contribution in [2.45, 2.75) is 135 Å². The molecule has 11 N–H and O–H groups in total. The molecule has 24 nitrogen and oxygen atoms in total. The highest BCUT2D eigenvalue weighted by atomic mass is 16.7. The number of unbranched alkanes of at least 4 members (excludes halogenated alkanes) is 1. The lowest BCUT2D eigenvalue weighted by Crippen LogP contribution is -2.59. The average Bonchev–Trinajstić information content (AvgIpc) is 3.92. The molecule has 0 saturated carbocycles. The van der Waals surface area contributed by atoms with Gasteiger partial charge in [-0.05, 0) is 91.0 Å². The number of fused-ring (bicyclic) bond motifs is 1. The number of aliphatic imine (C=N–C) groups is 1. The molecule has 1 fully saturated rings. The fraction of sp³-hybridized carbons (Fsp3) is 0.619. The van der Waals surface area contributed by atoms with E-state index in [2.05, 4.69) is 26.3 Å². The van der Waals surface area contributed by atoms with Gasteiger partial charge in [-0.1, -0.05) is 17.1 Å². The van der Waals surface area contributed by atoms with Gasteiger partial charge in [0, 0.05) is 37.2 Å². The van der Waals surface area contributed by atoms with Crippen LogP contribution in [-0.2, 0) is 51.3 Å². The summed E-state index contributed by atoms with van der Waals surface area (Å²) >= 11 is 0. The van der Waals surface area contributed by atoms with Crippen LogP contribution >= 0.6 is 0 Å². The van der Waals surface area contributed by atoms with Crippen LogP contribution in [0, 0.1) is 17.0 Å². The number of likely N-dealkylation sites (tertiary alicyclic amines) is 1. The molecule has 2 heterocycles. The number of phenols is 1. The number of phenolic OH excluding ortho intramolecular Hbond substituents is 1. The predicted molar refractivity (Wildman–Crippen MR) is 236 cm³/mol. The summed E-state index contributed by atoms with van der Waals surface area (Å²) in [5, 5.41) is 41.8. The molecule has 2 aliphatic rings. The molecule has 2 aliphatic heterocycles. The first-order chi connectivity index (χ1) is 31.2. The number of aliphatic hydroxyl groups is 1. The van der Waals surface area contributed by atoms with Crippen molar-refractivity contribution in [3.8, 4) is 11.5 Å². The van der Waals surface area contributed by atoms with Crippen LogP contribution in [0.2, 0.25) is 0 Å². The number of esters is 2. The fourth-order valence-corrected chi connectivity index (χ4v) is 7.52. The highest BCUT2D eigenvalue weighted by molar-refractivity contribution is 5.98. The first-order valence-corrected chi connectivity index (χ1v) is 21.7. The van der Waals surface area contributed by atoms with Crippen LogP contribution in [-0.4, -0.2) is 138 Å². The molecule has 0 aliphatic carbocycles. The summed E-state index contributed by atoms with van der Waals surface area (Å²) in [6, 6.07) is -5.70. The highest BCUT2D eigenvalue weighted by Gasteiger charge is 2.40. The minimum atomic E-state index is -1.49. The number of hydrogen-bond acceptors (Lipinski definition) is 16. The van der Waals surface area contributed by atoms with Gasteiger partial charge in [0.25, 0.3) is 5.96 Å². The van der Waals surface area contributed by atoms with Crippen molar-refractivity contribution in [3.63, 3.8) is 0 Å². The Hall–Kier alpha value is -6.56. The van der Waals surface area contributed by atoms with Gasteiger partial charge in [-0.3, -0.25) is 24.0 Å². The van der Waals surface area contributed by atoms with Crippen molar-refractivity contribution >= 4 is 47.4 Å². The van der Waals surface area contributed by atoms with Crippen molar-refractivity contribution in [1.82, 2.24) is 31.6 Å². The number of aliphatic hydroxyl groups excluding tert-OH is 1. The maximum absolute atomic E-state index is 14.3. The third-order valence-corrected chi connectivity index (χ3v) is 11.2. The number of methoxy groups -OCH3 is 2. The number of hydrazine groups is 1. The van der Waals surface area contributed by atoms with E-state index in [0.29, 0.717) is 41.7 Å². The van der Waals surface area contributed by atoms with Gasteiger partial charge in [-0.15, -0.1) is 0 Å². The van der Waals surface area contributed by atoms with Crippen molar-refractivity contribution in [2.75, 3.05) is 33.9 Å². The minimum Gasteiger partial charge on any atom is -0.507 e. The SMILES string of the molecule is COC(=O)[C@H](CCCN=C(N)N[N+](=O)[O-])NC(=O)[C@@H]1CCCN1C(=O)[C@H](CCCCNC(=O)[C@H](C)N)NC(=O)[C@@H](NC(=O)CC/C(C)=C/Cc1c(O)c2c(c(C)c1OC)COC2=O)[C@@H](C)O. The molecule has 0 aromatic heterocycles. The molecule has 5 amide bonds. The number of allylic oxidation sites excluding steroid dienone is 2. The Morgan fingerprint density at radius 3 is 2.38 bits per heavy atom. The molecule has 24 heteroatoms. The van der Waals surface area contributed by atoms with Crippen LogP contribution in [0.25, 0.3) is 0 Å². The highest BCUT2D eigenvalue weighted by Crippen LogP contribution is 2.42. The van der Waals surface area contributed by atoms with Gasteiger partial charge in [-0.2, -0.15) is 0 Å². The number of ether oxygens (including phenoxy) is 3. The Bertz CT molecular complexity index is 2020. The van der Waals surface area contributed by atoms with Gasteiger partial charge in [0.15, 0.2) is 5.03 Å².